The van der Waals surface area contributed by atoms with Crippen molar-refractivity contribution in [2.75, 3.05) is 19.6 Å². The number of aromatic nitrogens is 1. The van der Waals surface area contributed by atoms with E-state index in [0.29, 0.717) is 17.2 Å². The van der Waals surface area contributed by atoms with E-state index in [-0.39, 0.29) is 11.9 Å². The highest BCUT2D eigenvalue weighted by atomic mass is 32.1. The lowest BCUT2D eigenvalue weighted by Crippen LogP contribution is -2.57. The maximum absolute atomic E-state index is 12.6. The molecular formula is C18H18N4O2S. The molecule has 2 bridgehead atoms. The minimum atomic E-state index is -0.672. The Labute approximate surface area is 149 Å². The fourth-order valence-electron chi connectivity index (χ4n) is 3.65. The Morgan fingerprint density at radius 2 is 2.16 bits per heavy atom. The molecule has 0 aliphatic carbocycles. The summed E-state index contributed by atoms with van der Waals surface area (Å²) in [5.41, 5.74) is 6.15. The van der Waals surface area contributed by atoms with E-state index in [1.165, 1.54) is 11.3 Å². The van der Waals surface area contributed by atoms with Crippen LogP contribution < -0.4 is 11.1 Å². The Balaban J connectivity index is 1.56. The highest BCUT2D eigenvalue weighted by molar-refractivity contribution is 7.17. The number of hydrogen-bond acceptors (Lipinski definition) is 5. The average molecular weight is 354 g/mol. The molecule has 3 N–H and O–H groups in total. The summed E-state index contributed by atoms with van der Waals surface area (Å²) in [6, 6.07) is 1.94. The van der Waals surface area contributed by atoms with E-state index in [1.54, 1.807) is 12.3 Å². The predicted molar refractivity (Wildman–Crippen MR) is 96.1 cm³/mol. The number of carbonyl (C=O) groups excluding carboxylic acids is 2. The third-order valence-electron chi connectivity index (χ3n) is 4.99. The largest absolute Gasteiger partial charge is 0.359 e. The van der Waals surface area contributed by atoms with Crippen LogP contribution in [0.25, 0.3) is 10.1 Å². The SMILES string of the molecule is NC(=O)C#Cc1csc2cnc(C(=O)N[C@H]3CN4CCC3CC4)cc12. The van der Waals surface area contributed by atoms with E-state index in [2.05, 4.69) is 27.0 Å². The van der Waals surface area contributed by atoms with Gasteiger partial charge in [0.25, 0.3) is 11.8 Å². The van der Waals surface area contributed by atoms with Crippen LogP contribution >= 0.6 is 11.3 Å². The van der Waals surface area contributed by atoms with Gasteiger partial charge in [0.05, 0.1) is 4.70 Å². The number of fused-ring (bicyclic) bond motifs is 4. The summed E-state index contributed by atoms with van der Waals surface area (Å²) >= 11 is 1.48. The lowest BCUT2D eigenvalue weighted by molar-refractivity contribution is -0.112. The number of pyridine rings is 1. The van der Waals surface area contributed by atoms with E-state index in [4.69, 9.17) is 5.73 Å². The van der Waals surface area contributed by atoms with Gasteiger partial charge in [0.2, 0.25) is 0 Å². The summed E-state index contributed by atoms with van der Waals surface area (Å²) in [5.74, 6) is 4.84. The van der Waals surface area contributed by atoms with Crippen LogP contribution in [0.4, 0.5) is 0 Å². The number of nitrogens with two attached hydrogens (primary N) is 1. The molecule has 3 aliphatic rings. The molecule has 0 aromatic carbocycles. The van der Waals surface area contributed by atoms with Gasteiger partial charge in [-0.05, 0) is 37.9 Å². The van der Waals surface area contributed by atoms with E-state index < -0.39 is 5.91 Å². The Hall–Kier alpha value is -2.43. The molecule has 5 heterocycles. The highest BCUT2D eigenvalue weighted by Gasteiger charge is 2.35. The standard InChI is InChI=1S/C18H18N4O2S/c19-17(23)2-1-12-10-25-16-8-20-14(7-13(12)16)18(24)21-15-9-22-5-3-11(15)4-6-22/h7-8,10-11,15H,3-6,9H2,(H2,19,23)(H,21,24)/t15-/m0/s1. The molecule has 5 rings (SSSR count). The van der Waals surface area contributed by atoms with Crippen molar-refractivity contribution in [1.82, 2.24) is 15.2 Å². The molecule has 0 spiro atoms. The monoisotopic (exact) mass is 354 g/mol. The number of piperidine rings is 3. The van der Waals surface area contributed by atoms with Crippen molar-refractivity contribution < 1.29 is 9.59 Å². The van der Waals surface area contributed by atoms with Crippen molar-refractivity contribution in [2.24, 2.45) is 11.7 Å². The third-order valence-corrected chi connectivity index (χ3v) is 5.92. The van der Waals surface area contributed by atoms with E-state index in [9.17, 15) is 9.59 Å². The maximum atomic E-state index is 12.6. The molecule has 1 atom stereocenters. The van der Waals surface area contributed by atoms with Crippen molar-refractivity contribution in [1.29, 1.82) is 0 Å². The number of primary amides is 1. The van der Waals surface area contributed by atoms with Crippen LogP contribution in [0.1, 0.15) is 28.9 Å². The van der Waals surface area contributed by atoms with Gasteiger partial charge in [0.15, 0.2) is 0 Å². The first-order valence-electron chi connectivity index (χ1n) is 8.32. The average Bonchev–Trinajstić information content (AvgIpc) is 3.03. The van der Waals surface area contributed by atoms with Crippen LogP contribution in [-0.2, 0) is 4.79 Å². The highest BCUT2D eigenvalue weighted by Crippen LogP contribution is 2.28. The number of amides is 2. The number of rotatable bonds is 2. The van der Waals surface area contributed by atoms with Gasteiger partial charge in [0.1, 0.15) is 5.69 Å². The van der Waals surface area contributed by atoms with Crippen LogP contribution in [0.15, 0.2) is 17.6 Å². The molecule has 2 aromatic heterocycles. The van der Waals surface area contributed by atoms with Crippen LogP contribution in [0, 0.1) is 17.8 Å². The lowest BCUT2D eigenvalue weighted by Gasteiger charge is -2.44. The molecule has 2 amide bonds. The van der Waals surface area contributed by atoms with Crippen LogP contribution in [0.2, 0.25) is 0 Å². The summed E-state index contributed by atoms with van der Waals surface area (Å²) in [5, 5.41) is 5.81. The Morgan fingerprint density at radius 1 is 1.36 bits per heavy atom. The summed E-state index contributed by atoms with van der Waals surface area (Å²) in [4.78, 5) is 30.2. The molecule has 2 aromatic rings. The Morgan fingerprint density at radius 3 is 2.84 bits per heavy atom. The summed E-state index contributed by atoms with van der Waals surface area (Å²) in [6.07, 6.45) is 3.98. The van der Waals surface area contributed by atoms with Gasteiger partial charge in [-0.1, -0.05) is 5.92 Å². The number of nitrogens with one attached hydrogen (secondary N) is 1. The Kier molecular flexibility index (Phi) is 4.15. The molecule has 3 fully saturated rings. The van der Waals surface area contributed by atoms with Gasteiger partial charge >= 0.3 is 0 Å². The first-order chi connectivity index (χ1) is 12.1. The van der Waals surface area contributed by atoms with Gasteiger partial charge in [-0.15, -0.1) is 11.3 Å². The second-order valence-corrected chi connectivity index (χ2v) is 7.46. The minimum absolute atomic E-state index is 0.152. The second-order valence-electron chi connectivity index (χ2n) is 6.55. The molecule has 3 aliphatic heterocycles. The van der Waals surface area contributed by atoms with Crippen LogP contribution in [-0.4, -0.2) is 47.4 Å². The zero-order valence-electron chi connectivity index (χ0n) is 13.6. The summed E-state index contributed by atoms with van der Waals surface area (Å²) in [7, 11) is 0. The molecule has 6 nitrogen and oxygen atoms in total. The van der Waals surface area contributed by atoms with Gasteiger partial charge in [-0.25, -0.2) is 4.98 Å². The van der Waals surface area contributed by atoms with Crippen molar-refractivity contribution in [3.8, 4) is 11.8 Å². The number of carbonyl (C=O) groups is 2. The minimum Gasteiger partial charge on any atom is -0.359 e. The zero-order chi connectivity index (χ0) is 17.4. The molecule has 7 heteroatoms. The van der Waals surface area contributed by atoms with Crippen molar-refractivity contribution in [3.05, 3.63) is 28.9 Å². The van der Waals surface area contributed by atoms with E-state index >= 15 is 0 Å². The fraction of sp³-hybridized carbons (Fsp3) is 0.389. The summed E-state index contributed by atoms with van der Waals surface area (Å²) in [6.45, 7) is 3.20. The van der Waals surface area contributed by atoms with Crippen LogP contribution in [0.5, 0.6) is 0 Å². The van der Waals surface area contributed by atoms with Crippen molar-refractivity contribution in [3.63, 3.8) is 0 Å². The fourth-order valence-corrected chi connectivity index (χ4v) is 4.49. The second kappa shape index (κ2) is 6.47. The summed E-state index contributed by atoms with van der Waals surface area (Å²) < 4.78 is 0.924. The molecule has 25 heavy (non-hydrogen) atoms. The first-order valence-corrected chi connectivity index (χ1v) is 9.20. The molecular weight excluding hydrogens is 336 g/mol. The predicted octanol–water partition coefficient (Wildman–Crippen LogP) is 0.957. The van der Waals surface area contributed by atoms with Crippen LogP contribution in [0.3, 0.4) is 0 Å². The van der Waals surface area contributed by atoms with Gasteiger partial charge < -0.3 is 16.0 Å². The molecule has 3 saturated heterocycles. The molecule has 0 radical (unpaired) electrons. The number of nitrogens with zero attached hydrogens (tertiary/aromatic N) is 2. The molecule has 0 unspecified atom stereocenters. The van der Waals surface area contributed by atoms with E-state index in [0.717, 1.165) is 42.6 Å². The van der Waals surface area contributed by atoms with Gasteiger partial charge in [-0.2, -0.15) is 0 Å². The number of hydrogen-bond donors (Lipinski definition) is 2. The normalized spacial score (nSPS) is 24.6. The lowest BCUT2D eigenvalue weighted by atomic mass is 9.84. The van der Waals surface area contributed by atoms with Crippen molar-refractivity contribution in [2.45, 2.75) is 18.9 Å². The van der Waals surface area contributed by atoms with Gasteiger partial charge in [-0.3, -0.25) is 9.59 Å². The van der Waals surface area contributed by atoms with E-state index in [1.807, 2.05) is 5.38 Å². The van der Waals surface area contributed by atoms with Crippen molar-refractivity contribution >= 4 is 33.2 Å². The third kappa shape index (κ3) is 3.23. The Bertz CT molecular complexity index is 903. The molecule has 128 valence electrons. The quantitative estimate of drug-likeness (QED) is 0.786. The maximum Gasteiger partial charge on any atom is 0.293 e. The first kappa shape index (κ1) is 16.1. The zero-order valence-corrected chi connectivity index (χ0v) is 14.4. The van der Waals surface area contributed by atoms with Gasteiger partial charge in [0, 0.05) is 41.0 Å². The molecule has 0 saturated carbocycles. The number of thiophene rings is 1. The smallest absolute Gasteiger partial charge is 0.293 e. The topological polar surface area (TPSA) is 88.3 Å².